The van der Waals surface area contributed by atoms with E-state index in [0.29, 0.717) is 18.7 Å². The summed E-state index contributed by atoms with van der Waals surface area (Å²) < 4.78 is 40.4. The number of anilines is 1. The summed E-state index contributed by atoms with van der Waals surface area (Å²) in [5.74, 6) is 0.748. The van der Waals surface area contributed by atoms with Crippen LogP contribution in [0.1, 0.15) is 43.0 Å². The lowest BCUT2D eigenvalue weighted by Crippen LogP contribution is -2.46. The number of fused-ring (bicyclic) bond motifs is 1. The number of methoxy groups -OCH3 is 1. The molecule has 0 unspecified atom stereocenters. The monoisotopic (exact) mass is 487 g/mol. The highest BCUT2D eigenvalue weighted by molar-refractivity contribution is 7.89. The molecule has 0 radical (unpaired) electrons. The number of para-hydroxylation sites is 2. The highest BCUT2D eigenvalue weighted by Crippen LogP contribution is 2.33. The minimum atomic E-state index is -3.82. The summed E-state index contributed by atoms with van der Waals surface area (Å²) in [4.78, 5) is 17.0. The first-order valence-corrected chi connectivity index (χ1v) is 13.3. The van der Waals surface area contributed by atoms with Crippen molar-refractivity contribution in [3.8, 4) is 11.5 Å². The molecule has 1 fully saturated rings. The van der Waals surface area contributed by atoms with E-state index in [2.05, 4.69) is 16.5 Å². The van der Waals surface area contributed by atoms with Gasteiger partial charge in [0.1, 0.15) is 22.5 Å². The molecular formula is C25H33N3O5S. The number of ether oxygens (including phenoxy) is 2. The number of amides is 1. The second kappa shape index (κ2) is 10.2. The van der Waals surface area contributed by atoms with E-state index in [4.69, 9.17) is 9.47 Å². The van der Waals surface area contributed by atoms with Gasteiger partial charge in [-0.25, -0.2) is 13.1 Å². The maximum atomic E-state index is 13.2. The van der Waals surface area contributed by atoms with E-state index in [1.165, 1.54) is 19.2 Å². The zero-order chi connectivity index (χ0) is 24.3. The maximum absolute atomic E-state index is 13.2. The molecule has 1 aliphatic heterocycles. The van der Waals surface area contributed by atoms with Gasteiger partial charge in [0.05, 0.1) is 25.9 Å². The van der Waals surface area contributed by atoms with Gasteiger partial charge < -0.3 is 19.3 Å². The number of nitrogens with one attached hydrogen (secondary N) is 1. The summed E-state index contributed by atoms with van der Waals surface area (Å²) in [6, 6.07) is 12.3. The summed E-state index contributed by atoms with van der Waals surface area (Å²) in [5.41, 5.74) is 1.34. The van der Waals surface area contributed by atoms with Crippen molar-refractivity contribution < 1.29 is 22.7 Å². The molecular weight excluding hydrogens is 454 g/mol. The minimum Gasteiger partial charge on any atom is -0.495 e. The van der Waals surface area contributed by atoms with Crippen LogP contribution in [0.2, 0.25) is 0 Å². The lowest BCUT2D eigenvalue weighted by molar-refractivity contribution is 0.0709. The first-order valence-electron chi connectivity index (χ1n) is 11.8. The van der Waals surface area contributed by atoms with Crippen molar-refractivity contribution in [2.75, 3.05) is 38.7 Å². The number of likely N-dealkylation sites (N-methyl/N-ethyl adjacent to an activating group) is 2. The molecule has 184 valence electrons. The van der Waals surface area contributed by atoms with Crippen LogP contribution in [-0.4, -0.2) is 65.2 Å². The Bertz CT molecular complexity index is 1130. The van der Waals surface area contributed by atoms with E-state index in [1.807, 2.05) is 24.3 Å². The second-order valence-electron chi connectivity index (χ2n) is 8.90. The molecule has 8 nitrogen and oxygen atoms in total. The summed E-state index contributed by atoms with van der Waals surface area (Å²) in [5, 5.41) is 0. The van der Waals surface area contributed by atoms with E-state index in [-0.39, 0.29) is 28.7 Å². The summed E-state index contributed by atoms with van der Waals surface area (Å²) in [6.07, 6.45) is 3.46. The molecule has 2 aromatic rings. The molecule has 0 bridgehead atoms. The predicted molar refractivity (Wildman–Crippen MR) is 131 cm³/mol. The van der Waals surface area contributed by atoms with Crippen molar-refractivity contribution in [3.05, 3.63) is 48.0 Å². The Kier molecular flexibility index (Phi) is 7.33. The number of nitrogens with zero attached hydrogens (tertiary/aromatic N) is 2. The van der Waals surface area contributed by atoms with Crippen LogP contribution in [0, 0.1) is 0 Å². The van der Waals surface area contributed by atoms with Crippen LogP contribution >= 0.6 is 0 Å². The maximum Gasteiger partial charge on any atom is 0.253 e. The lowest BCUT2D eigenvalue weighted by Gasteiger charge is -2.37. The van der Waals surface area contributed by atoms with Gasteiger partial charge in [-0.1, -0.05) is 25.0 Å². The van der Waals surface area contributed by atoms with Crippen molar-refractivity contribution in [1.29, 1.82) is 0 Å². The Balaban J connectivity index is 1.51. The highest BCUT2D eigenvalue weighted by Gasteiger charge is 2.29. The molecule has 2 aliphatic rings. The molecule has 0 aromatic heterocycles. The van der Waals surface area contributed by atoms with Crippen molar-refractivity contribution in [2.45, 2.75) is 49.6 Å². The van der Waals surface area contributed by atoms with Gasteiger partial charge in [-0.3, -0.25) is 4.79 Å². The van der Waals surface area contributed by atoms with Crippen molar-refractivity contribution in [2.24, 2.45) is 0 Å². The molecule has 2 aromatic carbocycles. The lowest BCUT2D eigenvalue weighted by atomic mass is 10.1. The topological polar surface area (TPSA) is 88.2 Å². The van der Waals surface area contributed by atoms with Gasteiger partial charge in [0.25, 0.3) is 5.91 Å². The van der Waals surface area contributed by atoms with E-state index in [1.54, 1.807) is 18.0 Å². The Morgan fingerprint density at radius 1 is 1.21 bits per heavy atom. The van der Waals surface area contributed by atoms with Gasteiger partial charge in [0, 0.05) is 25.2 Å². The number of carbonyl (C=O) groups is 1. The Morgan fingerprint density at radius 2 is 1.94 bits per heavy atom. The van der Waals surface area contributed by atoms with Gasteiger partial charge in [-0.15, -0.1) is 0 Å². The average Bonchev–Trinajstić information content (AvgIpc) is 3.34. The molecule has 1 atom stereocenters. The zero-order valence-corrected chi connectivity index (χ0v) is 20.8. The fraction of sp³-hybridized carbons (Fsp3) is 0.480. The van der Waals surface area contributed by atoms with Crippen LogP contribution in [0.25, 0.3) is 0 Å². The third-order valence-electron chi connectivity index (χ3n) is 6.51. The largest absolute Gasteiger partial charge is 0.495 e. The number of sulfonamides is 1. The van der Waals surface area contributed by atoms with Crippen molar-refractivity contribution in [3.63, 3.8) is 0 Å². The fourth-order valence-electron chi connectivity index (χ4n) is 4.73. The predicted octanol–water partition coefficient (Wildman–Crippen LogP) is 3.28. The van der Waals surface area contributed by atoms with E-state index in [9.17, 15) is 13.2 Å². The van der Waals surface area contributed by atoms with Crippen LogP contribution in [0.3, 0.4) is 0 Å². The minimum absolute atomic E-state index is 0.0128. The van der Waals surface area contributed by atoms with Gasteiger partial charge in [-0.2, -0.15) is 0 Å². The summed E-state index contributed by atoms with van der Waals surface area (Å²) in [6.45, 7) is 3.96. The number of benzene rings is 2. The Morgan fingerprint density at radius 3 is 2.65 bits per heavy atom. The second-order valence-corrected chi connectivity index (χ2v) is 10.6. The third-order valence-corrected chi connectivity index (χ3v) is 8.05. The van der Waals surface area contributed by atoms with E-state index in [0.717, 1.165) is 43.7 Å². The van der Waals surface area contributed by atoms with Crippen molar-refractivity contribution >= 4 is 21.6 Å². The van der Waals surface area contributed by atoms with Crippen LogP contribution in [0.4, 0.5) is 5.69 Å². The van der Waals surface area contributed by atoms with Crippen molar-refractivity contribution in [1.82, 2.24) is 9.62 Å². The molecule has 4 rings (SSSR count). The van der Waals surface area contributed by atoms with Crippen LogP contribution < -0.4 is 19.1 Å². The van der Waals surface area contributed by atoms with Gasteiger partial charge in [0.15, 0.2) is 0 Å². The number of hydrogen-bond donors (Lipinski definition) is 1. The molecule has 0 saturated heterocycles. The number of rotatable bonds is 8. The van der Waals surface area contributed by atoms with Gasteiger partial charge in [0.2, 0.25) is 10.0 Å². The molecule has 1 N–H and O–H groups in total. The SMILES string of the molecule is CCN1C[C@H](CN(C)C(=O)c2ccc(OC)c(S(=O)(=O)NC3CCCC3)c2)Oc2ccccc21. The van der Waals surface area contributed by atoms with Crippen LogP contribution in [0.15, 0.2) is 47.4 Å². The van der Waals surface area contributed by atoms with Crippen LogP contribution in [-0.2, 0) is 10.0 Å². The Hall–Kier alpha value is -2.78. The first-order chi connectivity index (χ1) is 16.3. The first kappa shape index (κ1) is 24.3. The average molecular weight is 488 g/mol. The van der Waals surface area contributed by atoms with E-state index >= 15 is 0 Å². The third kappa shape index (κ3) is 5.15. The summed E-state index contributed by atoms with van der Waals surface area (Å²) in [7, 11) is -0.685. The number of carbonyl (C=O) groups excluding carboxylic acids is 1. The van der Waals surface area contributed by atoms with Gasteiger partial charge >= 0.3 is 0 Å². The number of hydrogen-bond acceptors (Lipinski definition) is 6. The zero-order valence-electron chi connectivity index (χ0n) is 20.0. The smallest absolute Gasteiger partial charge is 0.253 e. The van der Waals surface area contributed by atoms with Gasteiger partial charge in [-0.05, 0) is 50.1 Å². The quantitative estimate of drug-likeness (QED) is 0.615. The molecule has 1 saturated carbocycles. The molecule has 9 heteroatoms. The highest BCUT2D eigenvalue weighted by atomic mass is 32.2. The Labute approximate surface area is 201 Å². The van der Waals surface area contributed by atoms with E-state index < -0.39 is 10.0 Å². The molecule has 1 aliphatic carbocycles. The molecule has 1 amide bonds. The molecule has 1 heterocycles. The normalized spacial score (nSPS) is 18.3. The standard InChI is InChI=1S/C25H33N3O5S/c1-4-28-17-20(33-22-12-8-7-11-21(22)28)16-27(2)25(29)18-13-14-23(32-3)24(15-18)34(30,31)26-19-9-5-6-10-19/h7-8,11-15,19-20,26H,4-6,9-10,16-17H2,1-3H3/t20-/m0/s1. The fourth-order valence-corrected chi connectivity index (χ4v) is 6.23. The van der Waals surface area contributed by atoms with Crippen LogP contribution in [0.5, 0.6) is 11.5 Å². The molecule has 34 heavy (non-hydrogen) atoms. The summed E-state index contributed by atoms with van der Waals surface area (Å²) >= 11 is 0. The molecule has 0 spiro atoms.